The molecule has 8 heteroatoms. The van der Waals surface area contributed by atoms with Gasteiger partial charge in [-0.05, 0) is 46.0 Å². The van der Waals surface area contributed by atoms with Crippen LogP contribution in [0, 0.1) is 10.1 Å². The number of nitro benzene ring substituents is 1. The highest BCUT2D eigenvalue weighted by Gasteiger charge is 2.40. The van der Waals surface area contributed by atoms with Crippen LogP contribution in [0.2, 0.25) is 0 Å². The number of para-hydroxylation sites is 1. The van der Waals surface area contributed by atoms with Crippen molar-refractivity contribution in [2.75, 3.05) is 6.54 Å². The molecule has 0 saturated carbocycles. The average Bonchev–Trinajstić information content (AvgIpc) is 3.21. The van der Waals surface area contributed by atoms with Crippen LogP contribution in [0.3, 0.4) is 0 Å². The predicted molar refractivity (Wildman–Crippen MR) is 103 cm³/mol. The highest BCUT2D eigenvalue weighted by molar-refractivity contribution is 7.89. The normalized spacial score (nSPS) is 17.4. The van der Waals surface area contributed by atoms with Gasteiger partial charge in [0.05, 0.1) is 11.0 Å². The van der Waals surface area contributed by atoms with E-state index in [1.165, 1.54) is 39.9 Å². The van der Waals surface area contributed by atoms with E-state index in [0.29, 0.717) is 6.42 Å². The lowest BCUT2D eigenvalue weighted by atomic mass is 9.91. The lowest BCUT2D eigenvalue weighted by Crippen LogP contribution is -2.40. The molecule has 0 N–H and O–H groups in total. The molecule has 1 atom stereocenters. The van der Waals surface area contributed by atoms with E-state index < -0.39 is 26.7 Å². The van der Waals surface area contributed by atoms with Crippen molar-refractivity contribution in [1.29, 1.82) is 0 Å². The fourth-order valence-electron chi connectivity index (χ4n) is 3.53. The van der Waals surface area contributed by atoms with Gasteiger partial charge in [0.15, 0.2) is 4.90 Å². The molecular weight excluding hydrogens is 384 g/mol. The van der Waals surface area contributed by atoms with E-state index >= 15 is 0 Å². The summed E-state index contributed by atoms with van der Waals surface area (Å²) in [6.07, 6.45) is 0.566. The Morgan fingerprint density at radius 1 is 1.07 bits per heavy atom. The minimum Gasteiger partial charge on any atom is -0.258 e. The number of benzene rings is 2. The van der Waals surface area contributed by atoms with Gasteiger partial charge in [-0.3, -0.25) is 10.1 Å². The standard InChI is InChI=1S/C19H16N2O4S2/c22-21(23)17-7-3-4-8-18(17)27(24,25)20-11-9-14-5-1-2-6-16(14)19(20)15-10-12-26-13-15/h1-8,10,12-13,19H,9,11H2. The lowest BCUT2D eigenvalue weighted by molar-refractivity contribution is -0.387. The third-order valence-electron chi connectivity index (χ3n) is 4.75. The zero-order valence-corrected chi connectivity index (χ0v) is 15.8. The van der Waals surface area contributed by atoms with E-state index in [-0.39, 0.29) is 11.4 Å². The molecule has 4 rings (SSSR count). The third-order valence-corrected chi connectivity index (χ3v) is 7.36. The molecular formula is C19H16N2O4S2. The summed E-state index contributed by atoms with van der Waals surface area (Å²) < 4.78 is 28.3. The van der Waals surface area contributed by atoms with Gasteiger partial charge in [-0.25, -0.2) is 8.42 Å². The Balaban J connectivity index is 1.89. The number of thiophene rings is 1. The van der Waals surface area contributed by atoms with Gasteiger partial charge in [0.1, 0.15) is 0 Å². The van der Waals surface area contributed by atoms with Crippen LogP contribution < -0.4 is 0 Å². The number of hydrogen-bond acceptors (Lipinski definition) is 5. The molecule has 2 aromatic carbocycles. The summed E-state index contributed by atoms with van der Waals surface area (Å²) in [6.45, 7) is 0.270. The second-order valence-electron chi connectivity index (χ2n) is 6.25. The summed E-state index contributed by atoms with van der Waals surface area (Å²) in [7, 11) is -4.06. The van der Waals surface area contributed by atoms with Gasteiger partial charge >= 0.3 is 0 Å². The molecule has 1 aliphatic heterocycles. The van der Waals surface area contributed by atoms with Crippen molar-refractivity contribution >= 4 is 27.0 Å². The smallest absolute Gasteiger partial charge is 0.258 e. The highest BCUT2D eigenvalue weighted by atomic mass is 32.2. The van der Waals surface area contributed by atoms with E-state index in [0.717, 1.165) is 16.7 Å². The Labute approximate surface area is 160 Å². The summed E-state index contributed by atoms with van der Waals surface area (Å²) in [5.74, 6) is 0. The minimum atomic E-state index is -4.06. The number of nitrogens with zero attached hydrogens (tertiary/aromatic N) is 2. The van der Waals surface area contributed by atoms with Crippen LogP contribution in [-0.2, 0) is 16.4 Å². The van der Waals surface area contributed by atoms with Crippen molar-refractivity contribution in [3.8, 4) is 0 Å². The molecule has 1 unspecified atom stereocenters. The van der Waals surface area contributed by atoms with Crippen molar-refractivity contribution < 1.29 is 13.3 Å². The SMILES string of the molecule is O=[N+]([O-])c1ccccc1S(=O)(=O)N1CCc2ccccc2C1c1ccsc1. The van der Waals surface area contributed by atoms with Crippen LogP contribution in [0.25, 0.3) is 0 Å². The Hall–Kier alpha value is -2.55. The summed E-state index contributed by atoms with van der Waals surface area (Å²) in [4.78, 5) is 10.5. The zero-order valence-electron chi connectivity index (χ0n) is 14.2. The summed E-state index contributed by atoms with van der Waals surface area (Å²) in [5, 5.41) is 15.2. The van der Waals surface area contributed by atoms with E-state index in [1.807, 2.05) is 41.1 Å². The molecule has 0 amide bonds. The molecule has 0 saturated heterocycles. The zero-order chi connectivity index (χ0) is 19.0. The van der Waals surface area contributed by atoms with Gasteiger partial charge < -0.3 is 0 Å². The molecule has 1 aromatic heterocycles. The quantitative estimate of drug-likeness (QED) is 0.490. The van der Waals surface area contributed by atoms with Crippen molar-refractivity contribution in [3.63, 3.8) is 0 Å². The van der Waals surface area contributed by atoms with Gasteiger partial charge in [0.25, 0.3) is 15.7 Å². The molecule has 0 fully saturated rings. The Morgan fingerprint density at radius 2 is 1.81 bits per heavy atom. The number of nitro groups is 1. The van der Waals surface area contributed by atoms with Crippen LogP contribution in [0.5, 0.6) is 0 Å². The van der Waals surface area contributed by atoms with Crippen molar-refractivity contribution in [2.45, 2.75) is 17.4 Å². The summed E-state index contributed by atoms with van der Waals surface area (Å²) in [6, 6.07) is 14.7. The highest BCUT2D eigenvalue weighted by Crippen LogP contribution is 2.40. The van der Waals surface area contributed by atoms with Crippen LogP contribution >= 0.6 is 11.3 Å². The van der Waals surface area contributed by atoms with Gasteiger partial charge in [0, 0.05) is 12.6 Å². The molecule has 6 nitrogen and oxygen atoms in total. The van der Waals surface area contributed by atoms with Gasteiger partial charge in [0.2, 0.25) is 0 Å². The second-order valence-corrected chi connectivity index (χ2v) is 8.89. The molecule has 0 spiro atoms. The molecule has 1 aliphatic rings. The lowest BCUT2D eigenvalue weighted by Gasteiger charge is -2.36. The Kier molecular flexibility index (Phi) is 4.55. The molecule has 0 radical (unpaired) electrons. The number of sulfonamides is 1. The van der Waals surface area contributed by atoms with Crippen molar-refractivity contribution in [1.82, 2.24) is 4.31 Å². The van der Waals surface area contributed by atoms with E-state index in [1.54, 1.807) is 0 Å². The summed E-state index contributed by atoms with van der Waals surface area (Å²) >= 11 is 1.49. The first kappa shape index (κ1) is 17.8. The molecule has 3 aromatic rings. The maximum atomic E-state index is 13.5. The van der Waals surface area contributed by atoms with Crippen LogP contribution in [0.15, 0.2) is 70.3 Å². The van der Waals surface area contributed by atoms with Gasteiger partial charge in [-0.2, -0.15) is 15.6 Å². The molecule has 27 heavy (non-hydrogen) atoms. The largest absolute Gasteiger partial charge is 0.289 e. The minimum absolute atomic E-state index is 0.269. The molecule has 0 bridgehead atoms. The van der Waals surface area contributed by atoms with Crippen LogP contribution in [0.1, 0.15) is 22.7 Å². The number of rotatable bonds is 4. The Morgan fingerprint density at radius 3 is 2.56 bits per heavy atom. The topological polar surface area (TPSA) is 80.5 Å². The van der Waals surface area contributed by atoms with E-state index in [4.69, 9.17) is 0 Å². The average molecular weight is 400 g/mol. The fourth-order valence-corrected chi connectivity index (χ4v) is 5.96. The van der Waals surface area contributed by atoms with E-state index in [2.05, 4.69) is 0 Å². The first-order chi connectivity index (χ1) is 13.0. The molecule has 0 aliphatic carbocycles. The van der Waals surface area contributed by atoms with Crippen molar-refractivity contribution in [3.05, 3.63) is 92.2 Å². The van der Waals surface area contributed by atoms with Gasteiger partial charge in [-0.15, -0.1) is 0 Å². The first-order valence-electron chi connectivity index (χ1n) is 8.35. The molecule has 138 valence electrons. The number of fused-ring (bicyclic) bond motifs is 1. The third kappa shape index (κ3) is 3.05. The van der Waals surface area contributed by atoms with Gasteiger partial charge in [-0.1, -0.05) is 36.4 Å². The second kappa shape index (κ2) is 6.88. The predicted octanol–water partition coefficient (Wildman–Crippen LogP) is 3.99. The maximum Gasteiger partial charge on any atom is 0.289 e. The maximum absolute atomic E-state index is 13.5. The first-order valence-corrected chi connectivity index (χ1v) is 10.7. The monoisotopic (exact) mass is 400 g/mol. The summed E-state index contributed by atoms with van der Waals surface area (Å²) in [5.41, 5.74) is 2.49. The van der Waals surface area contributed by atoms with Crippen LogP contribution in [0.4, 0.5) is 5.69 Å². The fraction of sp³-hybridized carbons (Fsp3) is 0.158. The number of hydrogen-bond donors (Lipinski definition) is 0. The Bertz CT molecular complexity index is 1090. The molecule has 2 heterocycles. The van der Waals surface area contributed by atoms with E-state index in [9.17, 15) is 18.5 Å². The van der Waals surface area contributed by atoms with Crippen molar-refractivity contribution in [2.24, 2.45) is 0 Å². The van der Waals surface area contributed by atoms with Crippen LogP contribution in [-0.4, -0.2) is 24.2 Å².